The molecule has 39 heavy (non-hydrogen) atoms. The summed E-state index contributed by atoms with van der Waals surface area (Å²) in [5.74, 6) is 0.897. The molecule has 0 aliphatic rings. The fraction of sp³-hybridized carbons (Fsp3) is 0.194. The smallest absolute Gasteiger partial charge is 0.262 e. The van der Waals surface area contributed by atoms with Crippen molar-refractivity contribution < 1.29 is 18.7 Å². The van der Waals surface area contributed by atoms with Crippen LogP contribution in [0.3, 0.4) is 0 Å². The van der Waals surface area contributed by atoms with Crippen molar-refractivity contribution in [3.8, 4) is 22.8 Å². The fourth-order valence-corrected chi connectivity index (χ4v) is 5.15. The van der Waals surface area contributed by atoms with Gasteiger partial charge in [0.1, 0.15) is 11.3 Å². The molecule has 0 spiro atoms. The van der Waals surface area contributed by atoms with E-state index in [1.165, 1.54) is 22.5 Å². The van der Waals surface area contributed by atoms with E-state index in [9.17, 15) is 4.79 Å². The summed E-state index contributed by atoms with van der Waals surface area (Å²) in [6.45, 7) is 6.27. The number of thiazole rings is 1. The first kappa shape index (κ1) is 26.2. The zero-order chi connectivity index (χ0) is 27.5. The van der Waals surface area contributed by atoms with Crippen LogP contribution in [0.15, 0.2) is 76.1 Å². The first-order valence-electron chi connectivity index (χ1n) is 12.6. The van der Waals surface area contributed by atoms with E-state index in [1.807, 2.05) is 12.1 Å². The first-order valence-corrected chi connectivity index (χ1v) is 13.4. The number of carbonyl (C=O) groups excluding carboxylic acids is 1. The number of aromatic nitrogens is 1. The molecular weight excluding hydrogens is 510 g/mol. The average molecular weight is 540 g/mol. The van der Waals surface area contributed by atoms with Gasteiger partial charge in [-0.15, -0.1) is 11.3 Å². The normalized spacial score (nSPS) is 11.6. The quantitative estimate of drug-likeness (QED) is 0.236. The molecule has 0 aliphatic heterocycles. The van der Waals surface area contributed by atoms with Crippen molar-refractivity contribution in [1.29, 1.82) is 0 Å². The molecule has 7 nitrogen and oxygen atoms in total. The number of nitrogens with zero attached hydrogens (tertiary/aromatic N) is 2. The zero-order valence-electron chi connectivity index (χ0n) is 22.5. The maximum Gasteiger partial charge on any atom is 0.262 e. The second kappa shape index (κ2) is 11.1. The highest BCUT2D eigenvalue weighted by molar-refractivity contribution is 7.16. The minimum absolute atomic E-state index is 0.163. The lowest BCUT2D eigenvalue weighted by Gasteiger charge is -2.08. The number of ether oxygens (including phenoxy) is 2. The molecule has 0 saturated carbocycles. The van der Waals surface area contributed by atoms with E-state index in [1.54, 1.807) is 50.6 Å². The molecule has 5 rings (SSSR count). The Kier molecular flexibility index (Phi) is 7.47. The van der Waals surface area contributed by atoms with E-state index in [0.29, 0.717) is 27.9 Å². The molecule has 0 fully saturated rings. The topological polar surface area (TPSA) is 86.0 Å². The Morgan fingerprint density at radius 2 is 1.79 bits per heavy atom. The van der Waals surface area contributed by atoms with Gasteiger partial charge in [-0.1, -0.05) is 31.2 Å². The van der Waals surface area contributed by atoms with E-state index < -0.39 is 0 Å². The molecule has 2 aromatic heterocycles. The lowest BCUT2D eigenvalue weighted by atomic mass is 10.0. The zero-order valence-corrected chi connectivity index (χ0v) is 23.3. The molecule has 1 amide bonds. The van der Waals surface area contributed by atoms with E-state index in [4.69, 9.17) is 18.9 Å². The highest BCUT2D eigenvalue weighted by atomic mass is 32.1. The van der Waals surface area contributed by atoms with E-state index in [-0.39, 0.29) is 17.0 Å². The van der Waals surface area contributed by atoms with Crippen LogP contribution in [0.5, 0.6) is 11.5 Å². The van der Waals surface area contributed by atoms with Crippen LogP contribution in [0.2, 0.25) is 0 Å². The number of anilines is 1. The van der Waals surface area contributed by atoms with Crippen LogP contribution in [0.1, 0.15) is 33.3 Å². The minimum Gasteiger partial charge on any atom is -0.497 e. The molecule has 8 heteroatoms. The summed E-state index contributed by atoms with van der Waals surface area (Å²) < 4.78 is 16.9. The number of benzene rings is 3. The Morgan fingerprint density at radius 1 is 1.00 bits per heavy atom. The van der Waals surface area contributed by atoms with Crippen LogP contribution in [-0.2, 0) is 6.42 Å². The molecule has 0 aliphatic carbocycles. The number of methoxy groups -OCH3 is 2. The monoisotopic (exact) mass is 539 g/mol. The molecule has 2 heterocycles. The van der Waals surface area contributed by atoms with Gasteiger partial charge < -0.3 is 13.9 Å². The van der Waals surface area contributed by atoms with Gasteiger partial charge in [-0.25, -0.2) is 9.98 Å². The van der Waals surface area contributed by atoms with E-state index in [0.717, 1.165) is 27.9 Å². The van der Waals surface area contributed by atoms with Crippen LogP contribution in [0, 0.1) is 13.8 Å². The molecule has 0 atom stereocenters. The summed E-state index contributed by atoms with van der Waals surface area (Å²) in [5, 5.41) is 4.22. The summed E-state index contributed by atoms with van der Waals surface area (Å²) >= 11 is 1.47. The van der Waals surface area contributed by atoms with Crippen molar-refractivity contribution in [2.75, 3.05) is 19.5 Å². The number of aryl methyl sites for hydroxylation is 3. The summed E-state index contributed by atoms with van der Waals surface area (Å²) in [5.41, 5.74) is 5.91. The molecule has 0 saturated heterocycles. The highest BCUT2D eigenvalue weighted by Gasteiger charge is 2.19. The van der Waals surface area contributed by atoms with Gasteiger partial charge in [-0.05, 0) is 73.9 Å². The third-order valence-corrected chi connectivity index (χ3v) is 7.64. The summed E-state index contributed by atoms with van der Waals surface area (Å²) in [7, 11) is 3.18. The number of hydrogen-bond acceptors (Lipinski definition) is 7. The predicted octanol–water partition coefficient (Wildman–Crippen LogP) is 7.24. The van der Waals surface area contributed by atoms with Gasteiger partial charge in [-0.3, -0.25) is 10.1 Å². The van der Waals surface area contributed by atoms with Crippen LogP contribution < -0.4 is 20.3 Å². The van der Waals surface area contributed by atoms with Gasteiger partial charge in [-0.2, -0.15) is 0 Å². The average Bonchev–Trinajstić information content (AvgIpc) is 3.36. The number of carbonyl (C=O) groups is 1. The Hall–Kier alpha value is -4.43. The standard InChI is InChI=1S/C31H29N3O4S/c1-6-26-27(20-11-10-18(2)19(3)16-20)33-31(39-26)34-29(35)24-17-21-8-7-9-25(37-5)28(21)38-30(24)32-22-12-14-23(36-4)15-13-22/h7-17H,6H2,1-5H3,(H,33,34,35). The van der Waals surface area contributed by atoms with Crippen molar-refractivity contribution in [2.45, 2.75) is 27.2 Å². The molecule has 198 valence electrons. The van der Waals surface area contributed by atoms with Crippen LogP contribution in [0.25, 0.3) is 22.2 Å². The molecule has 3 aromatic carbocycles. The third kappa shape index (κ3) is 5.42. The van der Waals surface area contributed by atoms with Crippen LogP contribution >= 0.6 is 11.3 Å². The van der Waals surface area contributed by atoms with Crippen LogP contribution in [-0.4, -0.2) is 25.1 Å². The summed E-state index contributed by atoms with van der Waals surface area (Å²) in [4.78, 5) is 24.2. The van der Waals surface area contributed by atoms with Crippen molar-refractivity contribution in [1.82, 2.24) is 4.98 Å². The second-order valence-corrected chi connectivity index (χ2v) is 10.1. The summed E-state index contributed by atoms with van der Waals surface area (Å²) in [6, 6.07) is 20.8. The Labute approximate surface area is 230 Å². The van der Waals surface area contributed by atoms with Gasteiger partial charge in [0.2, 0.25) is 5.55 Å². The second-order valence-electron chi connectivity index (χ2n) is 9.05. The maximum atomic E-state index is 13.7. The number of rotatable bonds is 7. The van der Waals surface area contributed by atoms with Gasteiger partial charge in [0.25, 0.3) is 5.91 Å². The number of amides is 1. The Balaban J connectivity index is 1.57. The van der Waals surface area contributed by atoms with Gasteiger partial charge >= 0.3 is 0 Å². The highest BCUT2D eigenvalue weighted by Crippen LogP contribution is 2.33. The first-order chi connectivity index (χ1) is 18.9. The lowest BCUT2D eigenvalue weighted by molar-refractivity contribution is 0.102. The van der Waals surface area contributed by atoms with E-state index >= 15 is 0 Å². The van der Waals surface area contributed by atoms with Crippen molar-refractivity contribution >= 4 is 39.0 Å². The maximum absolute atomic E-state index is 13.7. The molecular formula is C31H29N3O4S. The number of para-hydroxylation sites is 1. The Morgan fingerprint density at radius 3 is 2.49 bits per heavy atom. The molecule has 0 radical (unpaired) electrons. The van der Waals surface area contributed by atoms with Crippen molar-refractivity contribution in [2.24, 2.45) is 4.99 Å². The van der Waals surface area contributed by atoms with Crippen molar-refractivity contribution in [3.63, 3.8) is 0 Å². The minimum atomic E-state index is -0.362. The largest absolute Gasteiger partial charge is 0.497 e. The number of fused-ring (bicyclic) bond motifs is 1. The molecule has 1 N–H and O–H groups in total. The molecule has 0 bridgehead atoms. The predicted molar refractivity (Wildman–Crippen MR) is 155 cm³/mol. The number of hydrogen-bond donors (Lipinski definition) is 1. The summed E-state index contributed by atoms with van der Waals surface area (Å²) in [6.07, 6.45) is 0.805. The molecule has 0 unspecified atom stereocenters. The van der Waals surface area contributed by atoms with Gasteiger partial charge in [0.05, 0.1) is 25.6 Å². The van der Waals surface area contributed by atoms with Crippen molar-refractivity contribution in [3.05, 3.63) is 93.9 Å². The van der Waals surface area contributed by atoms with Gasteiger partial charge in [0, 0.05) is 15.8 Å². The van der Waals surface area contributed by atoms with Gasteiger partial charge in [0.15, 0.2) is 16.5 Å². The van der Waals surface area contributed by atoms with Crippen LogP contribution in [0.4, 0.5) is 10.8 Å². The fourth-order valence-electron chi connectivity index (χ4n) is 4.23. The third-order valence-electron chi connectivity index (χ3n) is 6.53. The molecule has 5 aromatic rings. The number of nitrogens with one attached hydrogen (secondary N) is 1. The SMILES string of the molecule is CCc1sc(NC(=O)c2cc3cccc(OC)c3oc2=Nc2ccc(OC)cc2)nc1-c1ccc(C)c(C)c1. The lowest BCUT2D eigenvalue weighted by Crippen LogP contribution is -2.21. The Bertz CT molecular complexity index is 1740. The van der Waals surface area contributed by atoms with E-state index in [2.05, 4.69) is 49.3 Å².